The molecule has 1 heteroatoms. The third-order valence-corrected chi connectivity index (χ3v) is 2.13. The maximum absolute atomic E-state index is 9.93. The summed E-state index contributed by atoms with van der Waals surface area (Å²) in [5.74, 6) is 0.335. The first-order valence-corrected chi connectivity index (χ1v) is 4.37. The molecule has 0 amide bonds. The monoisotopic (exact) mass is 158 g/mol. The third-order valence-electron chi connectivity index (χ3n) is 2.13. The molecule has 1 unspecified atom stereocenters. The minimum Gasteiger partial charge on any atom is -0.390 e. The molecule has 0 fully saturated rings. The molecule has 0 radical (unpaired) electrons. The molecule has 1 atom stereocenters. The Morgan fingerprint density at radius 1 is 1.09 bits per heavy atom. The molecule has 0 aliphatic carbocycles. The summed E-state index contributed by atoms with van der Waals surface area (Å²) >= 11 is 0. The van der Waals surface area contributed by atoms with E-state index in [0.29, 0.717) is 5.92 Å². The Balaban J connectivity index is 4.13. The van der Waals surface area contributed by atoms with Gasteiger partial charge in [0.15, 0.2) is 0 Å². The first-order chi connectivity index (χ1) is 4.65. The predicted octanol–water partition coefficient (Wildman–Crippen LogP) is 2.83. The lowest BCUT2D eigenvalue weighted by Gasteiger charge is -2.34. The van der Waals surface area contributed by atoms with Crippen molar-refractivity contribution in [3.63, 3.8) is 0 Å². The highest BCUT2D eigenvalue weighted by Gasteiger charge is 2.30. The van der Waals surface area contributed by atoms with Gasteiger partial charge >= 0.3 is 0 Å². The number of rotatable bonds is 2. The van der Waals surface area contributed by atoms with Gasteiger partial charge < -0.3 is 5.11 Å². The van der Waals surface area contributed by atoms with E-state index in [2.05, 4.69) is 34.6 Å². The van der Waals surface area contributed by atoms with Crippen LogP contribution in [0.2, 0.25) is 0 Å². The Morgan fingerprint density at radius 3 is 1.55 bits per heavy atom. The smallest absolute Gasteiger partial charge is 0.0647 e. The maximum Gasteiger partial charge on any atom is 0.0647 e. The van der Waals surface area contributed by atoms with Crippen molar-refractivity contribution >= 4 is 0 Å². The fourth-order valence-electron chi connectivity index (χ4n) is 1.28. The first kappa shape index (κ1) is 11.0. The average Bonchev–Trinajstić information content (AvgIpc) is 1.56. The van der Waals surface area contributed by atoms with Crippen molar-refractivity contribution in [2.45, 2.75) is 53.6 Å². The van der Waals surface area contributed by atoms with E-state index in [9.17, 15) is 5.11 Å². The van der Waals surface area contributed by atoms with Crippen LogP contribution >= 0.6 is 0 Å². The Bertz CT molecular complexity index is 117. The van der Waals surface area contributed by atoms with Gasteiger partial charge in [0.05, 0.1) is 5.60 Å². The molecule has 1 N–H and O–H groups in total. The molecular formula is C10H22O. The summed E-state index contributed by atoms with van der Waals surface area (Å²) in [6.45, 7) is 12.5. The van der Waals surface area contributed by atoms with Gasteiger partial charge in [0.2, 0.25) is 0 Å². The summed E-state index contributed by atoms with van der Waals surface area (Å²) in [5.41, 5.74) is -0.300. The summed E-state index contributed by atoms with van der Waals surface area (Å²) in [6.07, 6.45) is 0.859. The summed E-state index contributed by atoms with van der Waals surface area (Å²) in [6, 6.07) is 0. The van der Waals surface area contributed by atoms with Crippen molar-refractivity contribution in [2.24, 2.45) is 11.3 Å². The second-order valence-electron chi connectivity index (χ2n) is 5.25. The molecule has 0 aromatic heterocycles. The van der Waals surface area contributed by atoms with Gasteiger partial charge in [-0.15, -0.1) is 0 Å². The molecule has 0 rings (SSSR count). The van der Waals surface area contributed by atoms with E-state index in [1.807, 2.05) is 6.92 Å². The zero-order valence-corrected chi connectivity index (χ0v) is 8.73. The minimum absolute atomic E-state index is 0.216. The summed E-state index contributed by atoms with van der Waals surface area (Å²) in [4.78, 5) is 0. The van der Waals surface area contributed by atoms with Crippen molar-refractivity contribution in [2.75, 3.05) is 0 Å². The van der Waals surface area contributed by atoms with Crippen molar-refractivity contribution in [3.05, 3.63) is 0 Å². The van der Waals surface area contributed by atoms with Gasteiger partial charge in [0.1, 0.15) is 0 Å². The summed E-state index contributed by atoms with van der Waals surface area (Å²) in [5, 5.41) is 9.93. The van der Waals surface area contributed by atoms with Crippen molar-refractivity contribution in [3.8, 4) is 0 Å². The molecule has 0 aliphatic heterocycles. The van der Waals surface area contributed by atoms with E-state index in [0.717, 1.165) is 6.42 Å². The molecule has 0 bridgehead atoms. The lowest BCUT2D eigenvalue weighted by atomic mass is 9.77. The molecule has 0 saturated heterocycles. The van der Waals surface area contributed by atoms with Crippen LogP contribution in [0.5, 0.6) is 0 Å². The molecule has 0 aromatic rings. The van der Waals surface area contributed by atoms with Gasteiger partial charge in [-0.2, -0.15) is 0 Å². The van der Waals surface area contributed by atoms with E-state index in [4.69, 9.17) is 0 Å². The van der Waals surface area contributed by atoms with Gasteiger partial charge in [-0.3, -0.25) is 0 Å². The molecule has 0 aliphatic rings. The van der Waals surface area contributed by atoms with Crippen LogP contribution < -0.4 is 0 Å². The standard InChI is InChI=1S/C10H22O/c1-8(2)10(6,11)7-9(3,4)5/h8,11H,7H2,1-6H3. The van der Waals surface area contributed by atoms with Crippen LogP contribution in [0, 0.1) is 11.3 Å². The zero-order valence-electron chi connectivity index (χ0n) is 8.73. The van der Waals surface area contributed by atoms with Crippen LogP contribution in [0.4, 0.5) is 0 Å². The SMILES string of the molecule is CC(C)C(C)(O)CC(C)(C)C. The van der Waals surface area contributed by atoms with E-state index in [-0.39, 0.29) is 5.41 Å². The fourth-order valence-corrected chi connectivity index (χ4v) is 1.28. The normalized spacial score (nSPS) is 18.5. The van der Waals surface area contributed by atoms with Crippen LogP contribution in [0.3, 0.4) is 0 Å². The first-order valence-electron chi connectivity index (χ1n) is 4.37. The molecule has 1 nitrogen and oxygen atoms in total. The molecule has 0 heterocycles. The second-order valence-corrected chi connectivity index (χ2v) is 5.25. The quantitative estimate of drug-likeness (QED) is 0.655. The molecule has 0 aromatic carbocycles. The Hall–Kier alpha value is -0.0400. The van der Waals surface area contributed by atoms with Crippen LogP contribution in [0.25, 0.3) is 0 Å². The Labute approximate surface area is 70.8 Å². The van der Waals surface area contributed by atoms with Gasteiger partial charge in [-0.1, -0.05) is 34.6 Å². The molecule has 0 saturated carbocycles. The van der Waals surface area contributed by atoms with Gasteiger partial charge in [-0.05, 0) is 24.7 Å². The highest BCUT2D eigenvalue weighted by molar-refractivity contribution is 4.81. The summed E-state index contributed by atoms with van der Waals surface area (Å²) in [7, 11) is 0. The van der Waals surface area contributed by atoms with E-state index >= 15 is 0 Å². The van der Waals surface area contributed by atoms with Crippen LogP contribution in [0.15, 0.2) is 0 Å². The van der Waals surface area contributed by atoms with Crippen LogP contribution in [0.1, 0.15) is 48.0 Å². The largest absolute Gasteiger partial charge is 0.390 e. The predicted molar refractivity (Wildman–Crippen MR) is 49.5 cm³/mol. The molecule has 0 spiro atoms. The fraction of sp³-hybridized carbons (Fsp3) is 1.00. The lowest BCUT2D eigenvalue weighted by Crippen LogP contribution is -2.35. The van der Waals surface area contributed by atoms with Crippen LogP contribution in [-0.2, 0) is 0 Å². The number of aliphatic hydroxyl groups is 1. The van der Waals surface area contributed by atoms with Crippen LogP contribution in [-0.4, -0.2) is 10.7 Å². The lowest BCUT2D eigenvalue weighted by molar-refractivity contribution is -0.0213. The van der Waals surface area contributed by atoms with Gasteiger partial charge in [-0.25, -0.2) is 0 Å². The molecule has 68 valence electrons. The summed E-state index contributed by atoms with van der Waals surface area (Å²) < 4.78 is 0. The minimum atomic E-state index is -0.516. The third kappa shape index (κ3) is 4.41. The highest BCUT2D eigenvalue weighted by atomic mass is 16.3. The molecular weight excluding hydrogens is 136 g/mol. The molecule has 11 heavy (non-hydrogen) atoms. The van der Waals surface area contributed by atoms with E-state index in [1.54, 1.807) is 0 Å². The van der Waals surface area contributed by atoms with Crippen molar-refractivity contribution in [1.82, 2.24) is 0 Å². The van der Waals surface area contributed by atoms with Crippen molar-refractivity contribution < 1.29 is 5.11 Å². The van der Waals surface area contributed by atoms with E-state index < -0.39 is 5.60 Å². The number of hydrogen-bond donors (Lipinski definition) is 1. The average molecular weight is 158 g/mol. The Morgan fingerprint density at radius 2 is 1.45 bits per heavy atom. The van der Waals surface area contributed by atoms with E-state index in [1.165, 1.54) is 0 Å². The van der Waals surface area contributed by atoms with Crippen molar-refractivity contribution in [1.29, 1.82) is 0 Å². The second kappa shape index (κ2) is 3.14. The van der Waals surface area contributed by atoms with Gasteiger partial charge in [0, 0.05) is 0 Å². The highest BCUT2D eigenvalue weighted by Crippen LogP contribution is 2.31. The topological polar surface area (TPSA) is 20.2 Å². The Kier molecular flexibility index (Phi) is 3.13. The number of hydrogen-bond acceptors (Lipinski definition) is 1. The maximum atomic E-state index is 9.93. The van der Waals surface area contributed by atoms with Gasteiger partial charge in [0.25, 0.3) is 0 Å². The zero-order chi connectivity index (χ0) is 9.28.